The van der Waals surface area contributed by atoms with Crippen molar-refractivity contribution in [2.75, 3.05) is 24.5 Å². The molecule has 1 N–H and O–H groups in total. The lowest BCUT2D eigenvalue weighted by Crippen LogP contribution is -2.32. The van der Waals surface area contributed by atoms with E-state index in [1.807, 2.05) is 23.1 Å². The molecule has 1 saturated heterocycles. The van der Waals surface area contributed by atoms with Crippen LogP contribution in [0.4, 0.5) is 10.1 Å². The number of carbonyl (C=O) groups excluding carboxylic acids is 3. The molecule has 190 valence electrons. The zero-order valence-corrected chi connectivity index (χ0v) is 21.6. The van der Waals surface area contributed by atoms with Gasteiger partial charge in [0.25, 0.3) is 11.8 Å². The van der Waals surface area contributed by atoms with Gasteiger partial charge in [0.1, 0.15) is 5.82 Å². The summed E-state index contributed by atoms with van der Waals surface area (Å²) in [7, 11) is 0. The molecule has 1 fully saturated rings. The number of likely N-dealkylation sites (tertiary alicyclic amines) is 1. The smallest absolute Gasteiger partial charge is 0.259 e. The SMILES string of the molecule is O=C(NCCCN1CCCC1=O)c1ccc2c(c1)N(Cc1c(F)cccc1Cl)C(=O)c1ccccc1S2. The minimum atomic E-state index is -0.502. The minimum Gasteiger partial charge on any atom is -0.352 e. The van der Waals surface area contributed by atoms with Gasteiger partial charge in [0, 0.05) is 52.0 Å². The van der Waals surface area contributed by atoms with Crippen molar-refractivity contribution in [3.63, 3.8) is 0 Å². The third-order valence-electron chi connectivity index (χ3n) is 6.53. The molecular weight excluding hydrogens is 513 g/mol. The Kier molecular flexibility index (Phi) is 7.48. The number of fused-ring (bicyclic) bond motifs is 2. The van der Waals surface area contributed by atoms with E-state index in [0.29, 0.717) is 42.7 Å². The number of nitrogens with zero attached hydrogens (tertiary/aromatic N) is 2. The van der Waals surface area contributed by atoms with E-state index in [1.165, 1.54) is 28.8 Å². The third kappa shape index (κ3) is 5.36. The molecule has 0 bridgehead atoms. The molecule has 0 radical (unpaired) electrons. The lowest BCUT2D eigenvalue weighted by atomic mass is 10.1. The fraction of sp³-hybridized carbons (Fsp3) is 0.250. The summed E-state index contributed by atoms with van der Waals surface area (Å²) < 4.78 is 14.7. The number of nitrogens with one attached hydrogen (secondary N) is 1. The molecule has 3 amide bonds. The molecule has 0 aliphatic carbocycles. The number of amides is 3. The van der Waals surface area contributed by atoms with Crippen LogP contribution in [-0.2, 0) is 11.3 Å². The van der Waals surface area contributed by atoms with E-state index >= 15 is 0 Å². The highest BCUT2D eigenvalue weighted by molar-refractivity contribution is 7.99. The highest BCUT2D eigenvalue weighted by atomic mass is 35.5. The summed E-state index contributed by atoms with van der Waals surface area (Å²) in [5, 5.41) is 3.13. The molecule has 2 aliphatic rings. The number of halogens is 2. The van der Waals surface area contributed by atoms with Gasteiger partial charge in [0.05, 0.1) is 17.8 Å². The Balaban J connectivity index is 1.41. The van der Waals surface area contributed by atoms with E-state index in [-0.39, 0.29) is 34.9 Å². The number of benzene rings is 3. The van der Waals surface area contributed by atoms with Crippen molar-refractivity contribution in [3.8, 4) is 0 Å². The first-order valence-electron chi connectivity index (χ1n) is 12.1. The summed E-state index contributed by atoms with van der Waals surface area (Å²) in [6.07, 6.45) is 2.14. The quantitative estimate of drug-likeness (QED) is 0.402. The Bertz CT molecular complexity index is 1360. The summed E-state index contributed by atoms with van der Waals surface area (Å²) in [6, 6.07) is 16.9. The number of rotatable bonds is 7. The van der Waals surface area contributed by atoms with E-state index in [0.717, 1.165) is 22.8 Å². The fourth-order valence-electron chi connectivity index (χ4n) is 4.57. The van der Waals surface area contributed by atoms with Crippen LogP contribution in [0.5, 0.6) is 0 Å². The average molecular weight is 538 g/mol. The lowest BCUT2D eigenvalue weighted by Gasteiger charge is -2.24. The molecule has 5 rings (SSSR count). The van der Waals surface area contributed by atoms with Crippen molar-refractivity contribution >= 4 is 46.8 Å². The largest absolute Gasteiger partial charge is 0.352 e. The second-order valence-corrected chi connectivity index (χ2v) is 10.5. The maximum Gasteiger partial charge on any atom is 0.259 e. The molecule has 0 aromatic heterocycles. The fourth-order valence-corrected chi connectivity index (χ4v) is 5.86. The third-order valence-corrected chi connectivity index (χ3v) is 8.03. The van der Waals surface area contributed by atoms with Crippen LogP contribution < -0.4 is 10.2 Å². The molecule has 9 heteroatoms. The van der Waals surface area contributed by atoms with Crippen molar-refractivity contribution in [2.24, 2.45) is 0 Å². The molecule has 6 nitrogen and oxygen atoms in total. The van der Waals surface area contributed by atoms with Crippen LogP contribution in [0.25, 0.3) is 0 Å². The van der Waals surface area contributed by atoms with Crippen molar-refractivity contribution in [3.05, 3.63) is 88.2 Å². The van der Waals surface area contributed by atoms with Crippen molar-refractivity contribution in [2.45, 2.75) is 35.6 Å². The van der Waals surface area contributed by atoms with Gasteiger partial charge in [-0.05, 0) is 55.3 Å². The van der Waals surface area contributed by atoms with Crippen LogP contribution >= 0.6 is 23.4 Å². The van der Waals surface area contributed by atoms with Crippen LogP contribution in [0, 0.1) is 5.82 Å². The van der Waals surface area contributed by atoms with Crippen LogP contribution in [-0.4, -0.2) is 42.3 Å². The Morgan fingerprint density at radius 2 is 1.89 bits per heavy atom. The highest BCUT2D eigenvalue weighted by Crippen LogP contribution is 2.42. The van der Waals surface area contributed by atoms with Crippen molar-refractivity contribution < 1.29 is 18.8 Å². The van der Waals surface area contributed by atoms with Crippen LogP contribution in [0.1, 0.15) is 45.5 Å². The molecular formula is C28H25ClFN3O3S. The lowest BCUT2D eigenvalue weighted by molar-refractivity contribution is -0.127. The Morgan fingerprint density at radius 3 is 2.68 bits per heavy atom. The van der Waals surface area contributed by atoms with E-state index in [1.54, 1.807) is 30.3 Å². The van der Waals surface area contributed by atoms with Gasteiger partial charge in [-0.3, -0.25) is 14.4 Å². The standard InChI is InChI=1S/C28H25ClFN3O3S/c29-21-7-3-8-22(30)20(21)17-33-23-16-18(27(35)31-13-5-15-32-14-4-10-26(32)34)11-12-25(23)37-24-9-2-1-6-19(24)28(33)36/h1-3,6-9,11-12,16H,4-5,10,13-15,17H2,(H,31,35). The first-order valence-corrected chi connectivity index (χ1v) is 13.3. The summed E-state index contributed by atoms with van der Waals surface area (Å²) in [5.41, 5.74) is 1.61. The predicted octanol–water partition coefficient (Wildman–Crippen LogP) is 5.53. The van der Waals surface area contributed by atoms with Gasteiger partial charge < -0.3 is 15.1 Å². The second-order valence-electron chi connectivity index (χ2n) is 8.97. The minimum absolute atomic E-state index is 0.0822. The number of anilines is 1. The molecule has 3 aromatic carbocycles. The van der Waals surface area contributed by atoms with Crippen molar-refractivity contribution in [1.82, 2.24) is 10.2 Å². The predicted molar refractivity (Wildman–Crippen MR) is 142 cm³/mol. The molecule has 3 aromatic rings. The Hall–Kier alpha value is -3.36. The van der Waals surface area contributed by atoms with Gasteiger partial charge in [-0.2, -0.15) is 0 Å². The van der Waals surface area contributed by atoms with E-state index in [2.05, 4.69) is 5.32 Å². The maximum absolute atomic E-state index is 14.7. The van der Waals surface area contributed by atoms with Gasteiger partial charge in [0.2, 0.25) is 5.91 Å². The van der Waals surface area contributed by atoms with Gasteiger partial charge in [-0.15, -0.1) is 0 Å². The van der Waals surface area contributed by atoms with Gasteiger partial charge in [-0.1, -0.05) is 41.6 Å². The molecule has 0 saturated carbocycles. The first-order chi connectivity index (χ1) is 17.9. The number of carbonyl (C=O) groups is 3. The zero-order chi connectivity index (χ0) is 25.9. The van der Waals surface area contributed by atoms with Crippen LogP contribution in [0.15, 0.2) is 70.5 Å². The topological polar surface area (TPSA) is 69.7 Å². The van der Waals surface area contributed by atoms with E-state index in [9.17, 15) is 18.8 Å². The second kappa shape index (κ2) is 10.9. The first kappa shape index (κ1) is 25.3. The van der Waals surface area contributed by atoms with Gasteiger partial charge in [-0.25, -0.2) is 4.39 Å². The Morgan fingerprint density at radius 1 is 1.05 bits per heavy atom. The summed E-state index contributed by atoms with van der Waals surface area (Å²) >= 11 is 7.73. The average Bonchev–Trinajstić information content (AvgIpc) is 3.26. The molecule has 2 aliphatic heterocycles. The van der Waals surface area contributed by atoms with Crippen LogP contribution in [0.3, 0.4) is 0 Å². The number of hydrogen-bond acceptors (Lipinski definition) is 4. The monoisotopic (exact) mass is 537 g/mol. The van der Waals surface area contributed by atoms with Gasteiger partial charge >= 0.3 is 0 Å². The summed E-state index contributed by atoms with van der Waals surface area (Å²) in [6.45, 7) is 1.73. The van der Waals surface area contributed by atoms with E-state index < -0.39 is 5.82 Å². The molecule has 0 spiro atoms. The summed E-state index contributed by atoms with van der Waals surface area (Å²) in [4.78, 5) is 43.3. The molecule has 37 heavy (non-hydrogen) atoms. The molecule has 0 unspecified atom stereocenters. The maximum atomic E-state index is 14.7. The zero-order valence-electron chi connectivity index (χ0n) is 20.0. The molecule has 0 atom stereocenters. The number of hydrogen-bond donors (Lipinski definition) is 1. The highest BCUT2D eigenvalue weighted by Gasteiger charge is 2.29. The van der Waals surface area contributed by atoms with Gasteiger partial charge in [0.15, 0.2) is 0 Å². The van der Waals surface area contributed by atoms with E-state index in [4.69, 9.17) is 11.6 Å². The van der Waals surface area contributed by atoms with Crippen LogP contribution in [0.2, 0.25) is 5.02 Å². The van der Waals surface area contributed by atoms with Crippen molar-refractivity contribution in [1.29, 1.82) is 0 Å². The Labute approximate surface area is 223 Å². The summed E-state index contributed by atoms with van der Waals surface area (Å²) in [5.74, 6) is -0.916. The molecule has 2 heterocycles. The normalized spacial score (nSPS) is 14.9.